The summed E-state index contributed by atoms with van der Waals surface area (Å²) in [5, 5.41) is 18.7. The van der Waals surface area contributed by atoms with Gasteiger partial charge in [0.05, 0.1) is 24.0 Å². The molecule has 3 rings (SSSR count). The minimum atomic E-state index is -0.259. The number of hydrogen-bond donors (Lipinski definition) is 2. The maximum absolute atomic E-state index is 10.00. The van der Waals surface area contributed by atoms with Crippen molar-refractivity contribution in [3.63, 3.8) is 0 Å². The molecular formula is C14H22N4OS. The summed E-state index contributed by atoms with van der Waals surface area (Å²) < 4.78 is 1.84. The third kappa shape index (κ3) is 2.67. The maximum atomic E-state index is 10.00. The summed E-state index contributed by atoms with van der Waals surface area (Å²) in [4.78, 5) is 5.54. The van der Waals surface area contributed by atoms with Crippen LogP contribution in [0.3, 0.4) is 0 Å². The van der Waals surface area contributed by atoms with Crippen LogP contribution in [0.5, 0.6) is 0 Å². The number of nitrogens with zero attached hydrogens (tertiary/aromatic N) is 3. The molecule has 0 radical (unpaired) electrons. The van der Waals surface area contributed by atoms with E-state index in [1.807, 2.05) is 10.7 Å². The number of aliphatic hydroxyl groups excluding tert-OH is 1. The monoisotopic (exact) mass is 294 g/mol. The molecule has 110 valence electrons. The zero-order valence-corrected chi connectivity index (χ0v) is 13.1. The van der Waals surface area contributed by atoms with Crippen LogP contribution in [0.15, 0.2) is 6.20 Å². The summed E-state index contributed by atoms with van der Waals surface area (Å²) in [6, 6.07) is 0.127. The molecule has 5 nitrogen and oxygen atoms in total. The quantitative estimate of drug-likeness (QED) is 0.894. The Labute approximate surface area is 123 Å². The van der Waals surface area contributed by atoms with Crippen molar-refractivity contribution in [3.05, 3.63) is 11.9 Å². The van der Waals surface area contributed by atoms with Gasteiger partial charge >= 0.3 is 0 Å². The van der Waals surface area contributed by atoms with E-state index in [1.54, 1.807) is 11.3 Å². The number of aliphatic hydroxyl groups is 1. The van der Waals surface area contributed by atoms with E-state index in [1.165, 1.54) is 6.42 Å². The predicted octanol–water partition coefficient (Wildman–Crippen LogP) is 2.80. The Morgan fingerprint density at radius 3 is 2.75 bits per heavy atom. The molecule has 2 atom stereocenters. The Bertz CT molecular complexity index is 566. The Hall–Kier alpha value is -1.14. The molecule has 0 saturated heterocycles. The highest BCUT2D eigenvalue weighted by atomic mass is 32.1. The molecule has 0 bridgehead atoms. The van der Waals surface area contributed by atoms with Gasteiger partial charge in [-0.15, -0.1) is 5.10 Å². The second kappa shape index (κ2) is 5.00. The lowest BCUT2D eigenvalue weighted by Gasteiger charge is -2.27. The van der Waals surface area contributed by atoms with Gasteiger partial charge in [-0.25, -0.2) is 9.50 Å². The van der Waals surface area contributed by atoms with Gasteiger partial charge in [0.1, 0.15) is 0 Å². The van der Waals surface area contributed by atoms with E-state index in [2.05, 4.69) is 36.2 Å². The molecule has 2 aromatic rings. The van der Waals surface area contributed by atoms with Gasteiger partial charge < -0.3 is 10.4 Å². The van der Waals surface area contributed by atoms with E-state index >= 15 is 0 Å². The largest absolute Gasteiger partial charge is 0.391 e. The smallest absolute Gasteiger partial charge is 0.214 e. The number of hydrogen-bond acceptors (Lipinski definition) is 5. The first-order valence-corrected chi connectivity index (χ1v) is 8.06. The third-order valence-corrected chi connectivity index (χ3v) is 4.70. The van der Waals surface area contributed by atoms with Crippen LogP contribution in [0.2, 0.25) is 0 Å². The molecule has 2 heterocycles. The third-order valence-electron chi connectivity index (χ3n) is 3.85. The second-order valence-corrected chi connectivity index (χ2v) is 7.57. The molecular weight excluding hydrogens is 272 g/mol. The van der Waals surface area contributed by atoms with Crippen LogP contribution in [0.1, 0.15) is 52.1 Å². The topological polar surface area (TPSA) is 62.5 Å². The van der Waals surface area contributed by atoms with Gasteiger partial charge in [0, 0.05) is 5.41 Å². The Balaban J connectivity index is 1.78. The molecule has 2 unspecified atom stereocenters. The summed E-state index contributed by atoms with van der Waals surface area (Å²) in [5.41, 5.74) is 1.10. The predicted molar refractivity (Wildman–Crippen MR) is 81.4 cm³/mol. The number of aromatic nitrogens is 3. The van der Waals surface area contributed by atoms with Gasteiger partial charge in [-0.3, -0.25) is 0 Å². The van der Waals surface area contributed by atoms with E-state index in [0.29, 0.717) is 0 Å². The average Bonchev–Trinajstić information content (AvgIpc) is 2.89. The molecule has 1 aliphatic carbocycles. The molecule has 0 aliphatic heterocycles. The molecule has 1 fully saturated rings. The van der Waals surface area contributed by atoms with Crippen molar-refractivity contribution in [3.8, 4) is 0 Å². The Morgan fingerprint density at radius 1 is 1.35 bits per heavy atom. The van der Waals surface area contributed by atoms with E-state index < -0.39 is 0 Å². The van der Waals surface area contributed by atoms with Crippen molar-refractivity contribution >= 4 is 21.4 Å². The van der Waals surface area contributed by atoms with Gasteiger partial charge in [-0.1, -0.05) is 44.9 Å². The number of nitrogens with one attached hydrogen (secondary N) is 1. The van der Waals surface area contributed by atoms with Gasteiger partial charge in [-0.05, 0) is 12.8 Å². The SMILES string of the molecule is CC(C)(C)c1cn2nc(NC3CCCCC3O)sc2n1. The highest BCUT2D eigenvalue weighted by Gasteiger charge is 2.24. The fourth-order valence-electron chi connectivity index (χ4n) is 2.56. The number of anilines is 1. The van der Waals surface area contributed by atoms with Gasteiger partial charge in [-0.2, -0.15) is 0 Å². The van der Waals surface area contributed by atoms with Crippen LogP contribution < -0.4 is 5.32 Å². The van der Waals surface area contributed by atoms with Crippen molar-refractivity contribution in [2.75, 3.05) is 5.32 Å². The molecule has 2 aromatic heterocycles. The first kappa shape index (κ1) is 13.8. The first-order chi connectivity index (χ1) is 9.43. The Kier molecular flexibility index (Phi) is 3.46. The molecule has 2 N–H and O–H groups in total. The fourth-order valence-corrected chi connectivity index (χ4v) is 3.40. The number of rotatable bonds is 2. The van der Waals surface area contributed by atoms with E-state index in [4.69, 9.17) is 0 Å². The molecule has 20 heavy (non-hydrogen) atoms. The Morgan fingerprint density at radius 2 is 2.10 bits per heavy atom. The van der Waals surface area contributed by atoms with E-state index in [-0.39, 0.29) is 17.6 Å². The molecule has 0 aromatic carbocycles. The van der Waals surface area contributed by atoms with Crippen LogP contribution in [-0.2, 0) is 5.41 Å². The second-order valence-electron chi connectivity index (χ2n) is 6.61. The summed E-state index contributed by atoms with van der Waals surface area (Å²) >= 11 is 1.55. The minimum absolute atomic E-state index is 0.0422. The van der Waals surface area contributed by atoms with Crippen molar-refractivity contribution in [2.24, 2.45) is 0 Å². The van der Waals surface area contributed by atoms with Gasteiger partial charge in [0.15, 0.2) is 0 Å². The van der Waals surface area contributed by atoms with Crippen LogP contribution >= 0.6 is 11.3 Å². The van der Waals surface area contributed by atoms with Gasteiger partial charge in [0.25, 0.3) is 0 Å². The lowest BCUT2D eigenvalue weighted by molar-refractivity contribution is 0.116. The molecule has 1 saturated carbocycles. The van der Waals surface area contributed by atoms with Crippen molar-refractivity contribution < 1.29 is 5.11 Å². The first-order valence-electron chi connectivity index (χ1n) is 7.25. The zero-order chi connectivity index (χ0) is 14.3. The normalized spacial score (nSPS) is 24.2. The minimum Gasteiger partial charge on any atom is -0.391 e. The highest BCUT2D eigenvalue weighted by molar-refractivity contribution is 7.20. The number of imidazole rings is 1. The van der Waals surface area contributed by atoms with Crippen molar-refractivity contribution in [2.45, 2.75) is 64.0 Å². The summed E-state index contributed by atoms with van der Waals surface area (Å²) in [5.74, 6) is 0. The molecule has 0 spiro atoms. The maximum Gasteiger partial charge on any atom is 0.214 e. The van der Waals surface area contributed by atoms with Gasteiger partial charge in [0.2, 0.25) is 10.1 Å². The highest BCUT2D eigenvalue weighted by Crippen LogP contribution is 2.28. The van der Waals surface area contributed by atoms with E-state index in [9.17, 15) is 5.11 Å². The molecule has 0 amide bonds. The van der Waals surface area contributed by atoms with Crippen LogP contribution in [0.25, 0.3) is 4.96 Å². The summed E-state index contributed by atoms with van der Waals surface area (Å²) in [6.07, 6.45) is 5.92. The van der Waals surface area contributed by atoms with Crippen LogP contribution in [-0.4, -0.2) is 31.9 Å². The summed E-state index contributed by atoms with van der Waals surface area (Å²) in [7, 11) is 0. The zero-order valence-electron chi connectivity index (χ0n) is 12.3. The van der Waals surface area contributed by atoms with E-state index in [0.717, 1.165) is 35.0 Å². The van der Waals surface area contributed by atoms with Crippen molar-refractivity contribution in [1.29, 1.82) is 0 Å². The molecule has 6 heteroatoms. The lowest BCUT2D eigenvalue weighted by Crippen LogP contribution is -2.36. The lowest BCUT2D eigenvalue weighted by atomic mass is 9.93. The standard InChI is InChI=1S/C14H22N4OS/c1-14(2,3)11-8-18-13(16-11)20-12(17-18)15-9-6-4-5-7-10(9)19/h8-10,19H,4-7H2,1-3H3,(H,15,17). The summed E-state index contributed by atoms with van der Waals surface area (Å²) in [6.45, 7) is 6.45. The van der Waals surface area contributed by atoms with Crippen LogP contribution in [0.4, 0.5) is 5.13 Å². The number of fused-ring (bicyclic) bond motifs is 1. The van der Waals surface area contributed by atoms with Crippen LogP contribution in [0, 0.1) is 0 Å². The van der Waals surface area contributed by atoms with Crippen molar-refractivity contribution in [1.82, 2.24) is 14.6 Å². The fraction of sp³-hybridized carbons (Fsp3) is 0.714. The average molecular weight is 294 g/mol. The molecule has 1 aliphatic rings.